The molecule has 23 heavy (non-hydrogen) atoms. The van der Waals surface area contributed by atoms with Crippen molar-refractivity contribution >= 4 is 24.2 Å². The van der Waals surface area contributed by atoms with E-state index in [1.807, 2.05) is 0 Å². The summed E-state index contributed by atoms with van der Waals surface area (Å²) in [7, 11) is -0.323. The van der Waals surface area contributed by atoms with Crippen molar-refractivity contribution in [2.45, 2.75) is 71.2 Å². The van der Waals surface area contributed by atoms with Crippen molar-refractivity contribution in [2.75, 3.05) is 7.11 Å². The van der Waals surface area contributed by atoms with Crippen LogP contribution >= 0.6 is 15.9 Å². The minimum atomic E-state index is -2.00. The van der Waals surface area contributed by atoms with Crippen LogP contribution in [-0.2, 0) is 6.42 Å². The van der Waals surface area contributed by atoms with Crippen LogP contribution in [0.1, 0.15) is 46.6 Å². The minimum Gasteiger partial charge on any atom is -0.538 e. The average Bonchev–Trinajstić information content (AvgIpc) is 2.38. The van der Waals surface area contributed by atoms with E-state index < -0.39 is 8.32 Å². The molecule has 3 nitrogen and oxygen atoms in total. The van der Waals surface area contributed by atoms with Crippen molar-refractivity contribution < 1.29 is 13.9 Å². The lowest BCUT2D eigenvalue weighted by Gasteiger charge is -2.40. The molecule has 1 heterocycles. The van der Waals surface area contributed by atoms with Crippen LogP contribution in [0.5, 0.6) is 17.2 Å². The lowest BCUT2D eigenvalue weighted by atomic mass is 9.94. The van der Waals surface area contributed by atoms with Crippen molar-refractivity contribution in [3.63, 3.8) is 0 Å². The zero-order chi connectivity index (χ0) is 17.6. The van der Waals surface area contributed by atoms with E-state index in [9.17, 15) is 0 Å². The number of rotatable bonds is 3. The molecule has 0 aromatic heterocycles. The summed E-state index contributed by atoms with van der Waals surface area (Å²) in [5.74, 6) is 2.34. The minimum absolute atomic E-state index is 0.109. The van der Waals surface area contributed by atoms with Crippen LogP contribution in [0, 0.1) is 0 Å². The van der Waals surface area contributed by atoms with E-state index in [-0.39, 0.29) is 10.6 Å². The van der Waals surface area contributed by atoms with Gasteiger partial charge in [-0.1, -0.05) is 20.8 Å². The molecule has 0 aliphatic carbocycles. The van der Waals surface area contributed by atoms with Crippen LogP contribution in [0.15, 0.2) is 10.5 Å². The predicted molar refractivity (Wildman–Crippen MR) is 102 cm³/mol. The molecule has 0 atom stereocenters. The van der Waals surface area contributed by atoms with Crippen molar-refractivity contribution in [3.8, 4) is 17.2 Å². The molecule has 2 rings (SSSR count). The van der Waals surface area contributed by atoms with E-state index in [0.29, 0.717) is 0 Å². The van der Waals surface area contributed by atoms with E-state index in [0.717, 1.165) is 34.6 Å². The molecule has 130 valence electrons. The second-order valence-electron chi connectivity index (χ2n) is 8.43. The first-order chi connectivity index (χ1) is 10.4. The molecular weight excluding hydrogens is 372 g/mol. The molecule has 1 aromatic rings. The molecule has 0 fully saturated rings. The van der Waals surface area contributed by atoms with E-state index in [1.54, 1.807) is 7.11 Å². The fourth-order valence-electron chi connectivity index (χ4n) is 2.39. The van der Waals surface area contributed by atoms with Gasteiger partial charge in [0.25, 0.3) is 8.32 Å². The number of benzene rings is 1. The summed E-state index contributed by atoms with van der Waals surface area (Å²) in [6, 6.07) is 2.10. The quantitative estimate of drug-likeness (QED) is 0.586. The first-order valence-electron chi connectivity index (χ1n) is 8.15. The first kappa shape index (κ1) is 18.7. The molecular formula is C18H29BrO3Si. The van der Waals surface area contributed by atoms with Crippen molar-refractivity contribution in [1.29, 1.82) is 0 Å². The van der Waals surface area contributed by atoms with E-state index in [4.69, 9.17) is 13.9 Å². The average molecular weight is 401 g/mol. The van der Waals surface area contributed by atoms with Gasteiger partial charge in [0, 0.05) is 0 Å². The van der Waals surface area contributed by atoms with Crippen molar-refractivity contribution in [3.05, 3.63) is 16.1 Å². The zero-order valence-corrected chi connectivity index (χ0v) is 18.2. The topological polar surface area (TPSA) is 27.7 Å². The summed E-state index contributed by atoms with van der Waals surface area (Å²) >= 11 is 3.63. The van der Waals surface area contributed by atoms with Gasteiger partial charge < -0.3 is 13.9 Å². The zero-order valence-electron chi connectivity index (χ0n) is 15.6. The number of fused-ring (bicyclic) bond motifs is 1. The van der Waals surface area contributed by atoms with Gasteiger partial charge in [-0.05, 0) is 72.4 Å². The second-order valence-corrected chi connectivity index (χ2v) is 14.0. The Morgan fingerprint density at radius 1 is 1.22 bits per heavy atom. The molecule has 1 aromatic carbocycles. The van der Waals surface area contributed by atoms with Gasteiger partial charge in [-0.3, -0.25) is 0 Å². The number of halogens is 1. The van der Waals surface area contributed by atoms with Gasteiger partial charge in [0.05, 0.1) is 11.6 Å². The fraction of sp³-hybridized carbons (Fsp3) is 0.667. The third kappa shape index (κ3) is 3.71. The van der Waals surface area contributed by atoms with Crippen LogP contribution < -0.4 is 13.9 Å². The molecule has 0 saturated heterocycles. The van der Waals surface area contributed by atoms with Crippen molar-refractivity contribution in [2.24, 2.45) is 0 Å². The Kier molecular flexibility index (Phi) is 4.86. The van der Waals surface area contributed by atoms with E-state index >= 15 is 0 Å². The maximum atomic E-state index is 6.62. The van der Waals surface area contributed by atoms with Crippen LogP contribution in [0.4, 0.5) is 0 Å². The summed E-state index contributed by atoms with van der Waals surface area (Å²) in [6.07, 6.45) is 1.98. The molecule has 0 spiro atoms. The highest BCUT2D eigenvalue weighted by molar-refractivity contribution is 9.10. The summed E-state index contributed by atoms with van der Waals surface area (Å²) in [6.45, 7) is 15.4. The van der Waals surface area contributed by atoms with Gasteiger partial charge in [-0.15, -0.1) is 0 Å². The normalized spacial score (nSPS) is 17.3. The predicted octanol–water partition coefficient (Wildman–Crippen LogP) is 5.95. The number of methoxy groups -OCH3 is 1. The van der Waals surface area contributed by atoms with Crippen molar-refractivity contribution in [1.82, 2.24) is 0 Å². The highest BCUT2D eigenvalue weighted by Gasteiger charge is 2.42. The number of hydrogen-bond donors (Lipinski definition) is 0. The Balaban J connectivity index is 2.59. The number of hydrogen-bond acceptors (Lipinski definition) is 3. The lowest BCUT2D eigenvalue weighted by molar-refractivity contribution is 0.0811. The molecule has 5 heteroatoms. The highest BCUT2D eigenvalue weighted by Crippen LogP contribution is 2.51. The van der Waals surface area contributed by atoms with Gasteiger partial charge in [-0.25, -0.2) is 0 Å². The molecule has 0 bridgehead atoms. The molecule has 0 saturated carbocycles. The Hall–Kier alpha value is -0.683. The highest BCUT2D eigenvalue weighted by atomic mass is 79.9. The number of aryl methyl sites for hydroxylation is 1. The SMILES string of the molecule is COc1c(Br)cc2c(c1O[Si](C)(C)C(C)(C)C)OC(C)(C)CC2. The summed E-state index contributed by atoms with van der Waals surface area (Å²) in [5, 5.41) is 0.109. The first-order valence-corrected chi connectivity index (χ1v) is 11.9. The van der Waals surface area contributed by atoms with Gasteiger partial charge in [-0.2, -0.15) is 0 Å². The molecule has 0 amide bonds. The van der Waals surface area contributed by atoms with Crippen LogP contribution in [0.3, 0.4) is 0 Å². The third-order valence-corrected chi connectivity index (χ3v) is 9.88. The molecule has 1 aliphatic rings. The Labute approximate surface area is 150 Å². The van der Waals surface area contributed by atoms with Crippen LogP contribution in [0.25, 0.3) is 0 Å². The van der Waals surface area contributed by atoms with E-state index in [2.05, 4.69) is 69.7 Å². The fourth-order valence-corrected chi connectivity index (χ4v) is 4.01. The standard InChI is InChI=1S/C18H29BrO3Si/c1-17(2,3)23(7,8)22-16-14-12(9-10-18(4,5)21-14)11-13(19)15(16)20-6/h11H,9-10H2,1-8H3. The molecule has 0 unspecified atom stereocenters. The molecule has 0 radical (unpaired) electrons. The third-order valence-electron chi connectivity index (χ3n) is 4.96. The smallest absolute Gasteiger partial charge is 0.250 e. The Bertz CT molecular complexity index is 603. The summed E-state index contributed by atoms with van der Waals surface area (Å²) in [5.41, 5.74) is 1.00. The molecule has 1 aliphatic heterocycles. The van der Waals surface area contributed by atoms with E-state index in [1.165, 1.54) is 5.56 Å². The van der Waals surface area contributed by atoms with Gasteiger partial charge in [0.1, 0.15) is 5.60 Å². The number of ether oxygens (including phenoxy) is 2. The van der Waals surface area contributed by atoms with Gasteiger partial charge in [0.15, 0.2) is 17.2 Å². The Morgan fingerprint density at radius 2 is 1.83 bits per heavy atom. The monoisotopic (exact) mass is 400 g/mol. The summed E-state index contributed by atoms with van der Waals surface area (Å²) < 4.78 is 19.5. The van der Waals surface area contributed by atoms with Crippen LogP contribution in [0.2, 0.25) is 18.1 Å². The summed E-state index contributed by atoms with van der Waals surface area (Å²) in [4.78, 5) is 0. The Morgan fingerprint density at radius 3 is 2.35 bits per heavy atom. The van der Waals surface area contributed by atoms with Gasteiger partial charge in [0.2, 0.25) is 0 Å². The van der Waals surface area contributed by atoms with Crippen LogP contribution in [-0.4, -0.2) is 21.0 Å². The maximum Gasteiger partial charge on any atom is 0.250 e. The second kappa shape index (κ2) is 5.99. The maximum absolute atomic E-state index is 6.62. The lowest BCUT2D eigenvalue weighted by Crippen LogP contribution is -2.44. The van der Waals surface area contributed by atoms with Gasteiger partial charge >= 0.3 is 0 Å². The largest absolute Gasteiger partial charge is 0.538 e. The molecule has 0 N–H and O–H groups in total.